The van der Waals surface area contributed by atoms with Gasteiger partial charge in [-0.05, 0) is 5.92 Å². The molecule has 0 aliphatic rings. The van der Waals surface area contributed by atoms with Crippen molar-refractivity contribution in [1.29, 1.82) is 0 Å². The van der Waals surface area contributed by atoms with Crippen molar-refractivity contribution >= 4 is 17.6 Å². The first kappa shape index (κ1) is 9.72. The van der Waals surface area contributed by atoms with Crippen LogP contribution in [0, 0.1) is 5.92 Å². The lowest BCUT2D eigenvalue weighted by Gasteiger charge is -2.12. The first-order chi connectivity index (χ1) is 4.59. The second-order valence-electron chi connectivity index (χ2n) is 2.34. The van der Waals surface area contributed by atoms with Crippen LogP contribution in [0.25, 0.3) is 0 Å². The van der Waals surface area contributed by atoms with Crippen LogP contribution in [0.3, 0.4) is 0 Å². The van der Waals surface area contributed by atoms with E-state index in [-0.39, 0.29) is 12.0 Å². The number of nitrogens with two attached hydrogens (primary N) is 1. The van der Waals surface area contributed by atoms with Gasteiger partial charge < -0.3 is 10.5 Å². The Hall–Kier alpha value is -0.280. The fourth-order valence-electron chi connectivity index (χ4n) is 0.422. The van der Waals surface area contributed by atoms with Crippen LogP contribution in [0.5, 0.6) is 0 Å². The van der Waals surface area contributed by atoms with Crippen LogP contribution in [0.1, 0.15) is 13.8 Å². The van der Waals surface area contributed by atoms with E-state index in [1.165, 1.54) is 0 Å². The van der Waals surface area contributed by atoms with Crippen LogP contribution >= 0.6 is 11.6 Å². The number of carbonyl (C=O) groups excluding carboxylic acids is 1. The average molecular weight is 166 g/mol. The van der Waals surface area contributed by atoms with Crippen LogP contribution in [0.15, 0.2) is 0 Å². The van der Waals surface area contributed by atoms with Gasteiger partial charge in [-0.25, -0.2) is 0 Å². The molecule has 0 amide bonds. The summed E-state index contributed by atoms with van der Waals surface area (Å²) in [6.45, 7) is 3.69. The van der Waals surface area contributed by atoms with Crippen LogP contribution < -0.4 is 5.73 Å². The van der Waals surface area contributed by atoms with Gasteiger partial charge in [-0.1, -0.05) is 25.4 Å². The van der Waals surface area contributed by atoms with Gasteiger partial charge in [-0.2, -0.15) is 0 Å². The summed E-state index contributed by atoms with van der Waals surface area (Å²) in [7, 11) is 0. The topological polar surface area (TPSA) is 52.3 Å². The smallest absolute Gasteiger partial charge is 0.324 e. The standard InChI is InChI=1S/C6H12ClNO2/c1-4(2)5(8)6(9)10-3-7/h4-5H,3,8H2,1-2H3/t5-/m0/s1. The van der Waals surface area contributed by atoms with Crippen molar-refractivity contribution in [2.24, 2.45) is 11.7 Å². The molecule has 0 saturated carbocycles. The Morgan fingerprint density at radius 1 is 1.70 bits per heavy atom. The Balaban J connectivity index is 3.71. The highest BCUT2D eigenvalue weighted by Crippen LogP contribution is 2.00. The second-order valence-corrected chi connectivity index (χ2v) is 2.56. The van der Waals surface area contributed by atoms with E-state index in [2.05, 4.69) is 4.74 Å². The maximum Gasteiger partial charge on any atom is 0.324 e. The normalized spacial score (nSPS) is 13.3. The first-order valence-corrected chi connectivity index (χ1v) is 3.61. The number of esters is 1. The lowest BCUT2D eigenvalue weighted by Crippen LogP contribution is -2.36. The summed E-state index contributed by atoms with van der Waals surface area (Å²) in [5.74, 6) is -0.347. The van der Waals surface area contributed by atoms with E-state index in [0.717, 1.165) is 0 Å². The molecular formula is C6H12ClNO2. The van der Waals surface area contributed by atoms with Crippen molar-refractivity contribution in [2.45, 2.75) is 19.9 Å². The quantitative estimate of drug-likeness (QED) is 0.495. The van der Waals surface area contributed by atoms with Gasteiger partial charge in [0.15, 0.2) is 6.07 Å². The summed E-state index contributed by atoms with van der Waals surface area (Å²) in [5.41, 5.74) is 5.41. The van der Waals surface area contributed by atoms with E-state index < -0.39 is 12.0 Å². The van der Waals surface area contributed by atoms with Crippen LogP contribution in [0.4, 0.5) is 0 Å². The molecule has 0 saturated heterocycles. The molecule has 0 fully saturated rings. The Bertz CT molecular complexity index is 116. The van der Waals surface area contributed by atoms with Gasteiger partial charge in [0.2, 0.25) is 0 Å². The molecule has 0 unspecified atom stereocenters. The maximum absolute atomic E-state index is 10.8. The number of hydrogen-bond acceptors (Lipinski definition) is 3. The predicted octanol–water partition coefficient (Wildman–Crippen LogP) is 0.709. The fourth-order valence-corrected chi connectivity index (χ4v) is 0.530. The van der Waals surface area contributed by atoms with Gasteiger partial charge in [0.25, 0.3) is 0 Å². The maximum atomic E-state index is 10.8. The van der Waals surface area contributed by atoms with Gasteiger partial charge in [0.05, 0.1) is 0 Å². The van der Waals surface area contributed by atoms with Gasteiger partial charge in [-0.3, -0.25) is 4.79 Å². The molecule has 0 aliphatic heterocycles. The summed E-state index contributed by atoms with van der Waals surface area (Å²) in [6, 6.07) is -0.682. The zero-order valence-electron chi connectivity index (χ0n) is 6.13. The molecule has 0 aliphatic carbocycles. The highest BCUT2D eigenvalue weighted by molar-refractivity contribution is 6.17. The minimum Gasteiger partial charge on any atom is -0.448 e. The van der Waals surface area contributed by atoms with E-state index in [1.807, 2.05) is 13.8 Å². The number of ether oxygens (including phenoxy) is 1. The van der Waals surface area contributed by atoms with Crippen LogP contribution in [0.2, 0.25) is 0 Å². The molecule has 10 heavy (non-hydrogen) atoms. The Morgan fingerprint density at radius 3 is 2.50 bits per heavy atom. The van der Waals surface area contributed by atoms with E-state index in [1.54, 1.807) is 0 Å². The third-order valence-corrected chi connectivity index (χ3v) is 1.30. The fraction of sp³-hybridized carbons (Fsp3) is 0.833. The summed E-state index contributed by atoms with van der Waals surface area (Å²) < 4.78 is 4.47. The van der Waals surface area contributed by atoms with Crippen molar-refractivity contribution in [3.05, 3.63) is 0 Å². The molecule has 2 N–H and O–H groups in total. The molecule has 0 rings (SSSR count). The van der Waals surface area contributed by atoms with E-state index >= 15 is 0 Å². The number of halogens is 1. The molecule has 0 bridgehead atoms. The summed E-state index contributed by atoms with van der Waals surface area (Å²) in [4.78, 5) is 10.8. The van der Waals surface area contributed by atoms with E-state index in [0.29, 0.717) is 0 Å². The zero-order chi connectivity index (χ0) is 8.15. The van der Waals surface area contributed by atoms with Crippen molar-refractivity contribution < 1.29 is 9.53 Å². The van der Waals surface area contributed by atoms with E-state index in [4.69, 9.17) is 17.3 Å². The lowest BCUT2D eigenvalue weighted by atomic mass is 10.1. The molecular weight excluding hydrogens is 154 g/mol. The third-order valence-electron chi connectivity index (χ3n) is 1.19. The average Bonchev–Trinajstić information content (AvgIpc) is 1.87. The van der Waals surface area contributed by atoms with Crippen molar-refractivity contribution in [3.63, 3.8) is 0 Å². The third kappa shape index (κ3) is 3.03. The highest BCUT2D eigenvalue weighted by Gasteiger charge is 2.17. The number of carbonyl (C=O) groups is 1. The Morgan fingerprint density at radius 2 is 2.20 bits per heavy atom. The lowest BCUT2D eigenvalue weighted by molar-refractivity contribution is -0.144. The summed E-state index contributed by atoms with van der Waals surface area (Å²) in [6.07, 6.45) is 0. The molecule has 0 spiro atoms. The van der Waals surface area contributed by atoms with Crippen LogP contribution in [-0.2, 0) is 9.53 Å². The molecule has 0 heterocycles. The molecule has 3 nitrogen and oxygen atoms in total. The predicted molar refractivity (Wildman–Crippen MR) is 39.6 cm³/mol. The largest absolute Gasteiger partial charge is 0.448 e. The van der Waals surface area contributed by atoms with Crippen molar-refractivity contribution in [1.82, 2.24) is 0 Å². The van der Waals surface area contributed by atoms with E-state index in [9.17, 15) is 4.79 Å². The summed E-state index contributed by atoms with van der Waals surface area (Å²) in [5, 5.41) is 0. The van der Waals surface area contributed by atoms with Crippen molar-refractivity contribution in [2.75, 3.05) is 6.07 Å². The highest BCUT2D eigenvalue weighted by atomic mass is 35.5. The van der Waals surface area contributed by atoms with Gasteiger partial charge >= 0.3 is 5.97 Å². The molecule has 0 radical (unpaired) electrons. The van der Waals surface area contributed by atoms with Crippen LogP contribution in [-0.4, -0.2) is 18.1 Å². The molecule has 4 heteroatoms. The number of rotatable bonds is 3. The molecule has 0 aromatic rings. The monoisotopic (exact) mass is 165 g/mol. The molecule has 1 atom stereocenters. The minimum atomic E-state index is -0.557. The zero-order valence-corrected chi connectivity index (χ0v) is 6.89. The Labute approximate surface area is 65.5 Å². The van der Waals surface area contributed by atoms with Gasteiger partial charge in [-0.15, -0.1) is 0 Å². The molecule has 0 aromatic carbocycles. The Kier molecular flexibility index (Phi) is 4.40. The van der Waals surface area contributed by atoms with Crippen molar-refractivity contribution in [3.8, 4) is 0 Å². The SMILES string of the molecule is CC(C)[C@H](N)C(=O)OCCl. The van der Waals surface area contributed by atoms with Gasteiger partial charge in [0.1, 0.15) is 6.04 Å². The molecule has 0 aromatic heterocycles. The summed E-state index contributed by atoms with van der Waals surface area (Å²) >= 11 is 5.15. The minimum absolute atomic E-state index is 0.0933. The molecule has 60 valence electrons. The number of hydrogen-bond donors (Lipinski definition) is 1. The second kappa shape index (κ2) is 4.52. The first-order valence-electron chi connectivity index (χ1n) is 3.07. The number of alkyl halides is 1. The van der Waals surface area contributed by atoms with Gasteiger partial charge in [0, 0.05) is 0 Å².